The molecular formula is C24H37IN6. The Labute approximate surface area is 203 Å². The predicted octanol–water partition coefficient (Wildman–Crippen LogP) is 4.26. The summed E-state index contributed by atoms with van der Waals surface area (Å²) in [6, 6.07) is 11.0. The average Bonchev–Trinajstić information content (AvgIpc) is 2.99. The van der Waals surface area contributed by atoms with Gasteiger partial charge < -0.3 is 14.8 Å². The van der Waals surface area contributed by atoms with Crippen LogP contribution in [0.4, 0.5) is 0 Å². The van der Waals surface area contributed by atoms with E-state index in [1.54, 1.807) is 0 Å². The fourth-order valence-electron chi connectivity index (χ4n) is 4.95. The van der Waals surface area contributed by atoms with E-state index in [2.05, 4.69) is 69.2 Å². The quantitative estimate of drug-likeness (QED) is 0.353. The number of aromatic nitrogens is 3. The summed E-state index contributed by atoms with van der Waals surface area (Å²) in [4.78, 5) is 7.41. The van der Waals surface area contributed by atoms with Gasteiger partial charge in [-0.15, -0.1) is 34.2 Å². The van der Waals surface area contributed by atoms with Crippen LogP contribution in [0.2, 0.25) is 0 Å². The van der Waals surface area contributed by atoms with Crippen LogP contribution in [0.15, 0.2) is 35.3 Å². The van der Waals surface area contributed by atoms with Crippen molar-refractivity contribution >= 4 is 29.9 Å². The lowest BCUT2D eigenvalue weighted by molar-refractivity contribution is 0.234. The third kappa shape index (κ3) is 5.99. The zero-order valence-corrected chi connectivity index (χ0v) is 21.3. The molecule has 0 spiro atoms. The van der Waals surface area contributed by atoms with Gasteiger partial charge in [0.2, 0.25) is 0 Å². The number of fused-ring (bicyclic) bond motifs is 1. The molecule has 2 aromatic rings. The van der Waals surface area contributed by atoms with Gasteiger partial charge in [-0.25, -0.2) is 0 Å². The highest BCUT2D eigenvalue weighted by Gasteiger charge is 2.28. The van der Waals surface area contributed by atoms with Crippen LogP contribution < -0.4 is 5.32 Å². The number of benzene rings is 1. The maximum atomic E-state index is 4.97. The first kappa shape index (κ1) is 24.0. The van der Waals surface area contributed by atoms with Crippen molar-refractivity contribution in [1.29, 1.82) is 0 Å². The number of guanidine groups is 1. The van der Waals surface area contributed by atoms with Crippen LogP contribution in [0.3, 0.4) is 0 Å². The number of hydrogen-bond acceptors (Lipinski definition) is 3. The number of aliphatic imine (C=N–C) groups is 1. The molecule has 2 atom stereocenters. The van der Waals surface area contributed by atoms with Crippen molar-refractivity contribution in [3.8, 4) is 0 Å². The van der Waals surface area contributed by atoms with E-state index < -0.39 is 0 Å². The number of piperidine rings is 1. The van der Waals surface area contributed by atoms with E-state index in [0.29, 0.717) is 11.8 Å². The van der Waals surface area contributed by atoms with Crippen LogP contribution in [-0.4, -0.2) is 51.8 Å². The van der Waals surface area contributed by atoms with Gasteiger partial charge in [-0.3, -0.25) is 4.99 Å². The smallest absolute Gasteiger partial charge is 0.193 e. The first-order valence-corrected chi connectivity index (χ1v) is 11.8. The number of nitrogens with one attached hydrogen (secondary N) is 1. The van der Waals surface area contributed by atoms with Crippen molar-refractivity contribution in [3.05, 3.63) is 47.5 Å². The number of halogens is 1. The minimum absolute atomic E-state index is 0. The molecule has 0 radical (unpaired) electrons. The summed E-state index contributed by atoms with van der Waals surface area (Å²) >= 11 is 0. The standard InChI is InChI=1S/C24H36N6.HI/c1-3-25-24(26-15-13-23-28-27-22-12-8-5-9-16-30(22)23)29-17-14-21(19(2)18-29)20-10-6-4-7-11-20;/h4,6-7,10-11,19,21H,3,5,8-9,12-18H2,1-2H3,(H,25,26);1H. The van der Waals surface area contributed by atoms with E-state index in [0.717, 1.165) is 63.2 Å². The van der Waals surface area contributed by atoms with Gasteiger partial charge in [0.25, 0.3) is 0 Å². The Morgan fingerprint density at radius 2 is 1.97 bits per heavy atom. The minimum Gasteiger partial charge on any atom is -0.357 e. The summed E-state index contributed by atoms with van der Waals surface area (Å²) in [5.41, 5.74) is 1.47. The van der Waals surface area contributed by atoms with Crippen molar-refractivity contribution < 1.29 is 0 Å². The van der Waals surface area contributed by atoms with Gasteiger partial charge in [-0.1, -0.05) is 43.7 Å². The molecule has 6 nitrogen and oxygen atoms in total. The van der Waals surface area contributed by atoms with Gasteiger partial charge in [-0.2, -0.15) is 0 Å². The second kappa shape index (κ2) is 11.8. The molecule has 2 unspecified atom stereocenters. The fourth-order valence-corrected chi connectivity index (χ4v) is 4.95. The highest BCUT2D eigenvalue weighted by Crippen LogP contribution is 2.32. The summed E-state index contributed by atoms with van der Waals surface area (Å²) in [5.74, 6) is 4.55. The second-order valence-electron chi connectivity index (χ2n) is 8.71. The van der Waals surface area contributed by atoms with Crippen LogP contribution in [0.1, 0.15) is 62.7 Å². The van der Waals surface area contributed by atoms with Gasteiger partial charge in [0.05, 0.1) is 0 Å². The lowest BCUT2D eigenvalue weighted by atomic mass is 9.82. The largest absolute Gasteiger partial charge is 0.357 e. The molecule has 170 valence electrons. The Bertz CT molecular complexity index is 834. The molecule has 7 heteroatoms. The fraction of sp³-hybridized carbons (Fsp3) is 0.625. The van der Waals surface area contributed by atoms with Crippen LogP contribution >= 0.6 is 24.0 Å². The van der Waals surface area contributed by atoms with Crippen LogP contribution in [0.25, 0.3) is 0 Å². The second-order valence-corrected chi connectivity index (χ2v) is 8.71. The molecular weight excluding hydrogens is 499 g/mol. The molecule has 3 heterocycles. The molecule has 1 saturated heterocycles. The Balaban J connectivity index is 0.00000272. The lowest BCUT2D eigenvalue weighted by Crippen LogP contribution is -2.48. The van der Waals surface area contributed by atoms with Crippen molar-refractivity contribution in [2.45, 2.75) is 64.8 Å². The van der Waals surface area contributed by atoms with E-state index >= 15 is 0 Å². The first-order chi connectivity index (χ1) is 14.8. The van der Waals surface area contributed by atoms with E-state index in [1.165, 1.54) is 31.2 Å². The molecule has 1 fully saturated rings. The summed E-state index contributed by atoms with van der Waals surface area (Å²) in [5, 5.41) is 12.4. The average molecular weight is 537 g/mol. The van der Waals surface area contributed by atoms with Gasteiger partial charge in [-0.05, 0) is 43.6 Å². The molecule has 0 aliphatic carbocycles. The van der Waals surface area contributed by atoms with Crippen molar-refractivity contribution in [1.82, 2.24) is 25.0 Å². The SMILES string of the molecule is CCNC(=NCCc1nnc2n1CCCCC2)N1CCC(c2ccccc2)C(C)C1.I. The van der Waals surface area contributed by atoms with Crippen LogP contribution in [0.5, 0.6) is 0 Å². The molecule has 31 heavy (non-hydrogen) atoms. The molecule has 1 aromatic carbocycles. The molecule has 1 aromatic heterocycles. The normalized spacial score (nSPS) is 21.7. The number of likely N-dealkylation sites (tertiary alicyclic amines) is 1. The predicted molar refractivity (Wildman–Crippen MR) is 137 cm³/mol. The van der Waals surface area contributed by atoms with Gasteiger partial charge in [0.15, 0.2) is 5.96 Å². The maximum Gasteiger partial charge on any atom is 0.193 e. The van der Waals surface area contributed by atoms with Crippen LogP contribution in [-0.2, 0) is 19.4 Å². The van der Waals surface area contributed by atoms with Crippen molar-refractivity contribution in [3.63, 3.8) is 0 Å². The third-order valence-electron chi connectivity index (χ3n) is 6.55. The topological polar surface area (TPSA) is 58.3 Å². The third-order valence-corrected chi connectivity index (χ3v) is 6.55. The molecule has 0 bridgehead atoms. The maximum absolute atomic E-state index is 4.97. The summed E-state index contributed by atoms with van der Waals surface area (Å²) in [6.07, 6.45) is 6.86. The van der Waals surface area contributed by atoms with Gasteiger partial charge >= 0.3 is 0 Å². The molecule has 1 N–H and O–H groups in total. The van der Waals surface area contributed by atoms with Crippen molar-refractivity contribution in [2.24, 2.45) is 10.9 Å². The Kier molecular flexibility index (Phi) is 9.16. The van der Waals surface area contributed by atoms with Gasteiger partial charge in [0, 0.05) is 45.6 Å². The Hall–Kier alpha value is -1.64. The Morgan fingerprint density at radius 3 is 2.74 bits per heavy atom. The van der Waals surface area contributed by atoms with Crippen LogP contribution in [0, 0.1) is 5.92 Å². The molecule has 0 amide bonds. The summed E-state index contributed by atoms with van der Waals surface area (Å²) in [7, 11) is 0. The van der Waals surface area contributed by atoms with E-state index in [9.17, 15) is 0 Å². The van der Waals surface area contributed by atoms with E-state index in [4.69, 9.17) is 4.99 Å². The summed E-state index contributed by atoms with van der Waals surface area (Å²) < 4.78 is 2.34. The Morgan fingerprint density at radius 1 is 1.13 bits per heavy atom. The summed E-state index contributed by atoms with van der Waals surface area (Å²) in [6.45, 7) is 9.33. The first-order valence-electron chi connectivity index (χ1n) is 11.8. The number of hydrogen-bond donors (Lipinski definition) is 1. The zero-order valence-electron chi connectivity index (χ0n) is 19.0. The lowest BCUT2D eigenvalue weighted by Gasteiger charge is -2.39. The van der Waals surface area contributed by atoms with E-state index in [-0.39, 0.29) is 24.0 Å². The zero-order chi connectivity index (χ0) is 20.8. The number of aryl methyl sites for hydroxylation is 1. The minimum atomic E-state index is 0. The molecule has 2 aliphatic heterocycles. The van der Waals surface area contributed by atoms with E-state index in [1.807, 2.05) is 0 Å². The number of nitrogens with zero attached hydrogens (tertiary/aromatic N) is 5. The molecule has 4 rings (SSSR count). The monoisotopic (exact) mass is 536 g/mol. The molecule has 0 saturated carbocycles. The number of rotatable bonds is 5. The highest BCUT2D eigenvalue weighted by molar-refractivity contribution is 14.0. The van der Waals surface area contributed by atoms with Crippen molar-refractivity contribution in [2.75, 3.05) is 26.2 Å². The highest BCUT2D eigenvalue weighted by atomic mass is 127. The van der Waals surface area contributed by atoms with Gasteiger partial charge in [0.1, 0.15) is 11.6 Å². The molecule has 2 aliphatic rings.